The summed E-state index contributed by atoms with van der Waals surface area (Å²) in [7, 11) is 0. The van der Waals surface area contributed by atoms with Crippen molar-refractivity contribution in [2.24, 2.45) is 0 Å². The lowest BCUT2D eigenvalue weighted by atomic mass is 10.0. The fourth-order valence-corrected chi connectivity index (χ4v) is 3.36. The fourth-order valence-electron chi connectivity index (χ4n) is 3.36. The van der Waals surface area contributed by atoms with Crippen LogP contribution in [0.3, 0.4) is 0 Å². The number of rotatable bonds is 5. The van der Waals surface area contributed by atoms with E-state index in [1.54, 1.807) is 0 Å². The number of nitrogens with one attached hydrogen (secondary N) is 2. The molecule has 3 rings (SSSR count). The molecule has 25 heavy (non-hydrogen) atoms. The van der Waals surface area contributed by atoms with Crippen molar-refractivity contribution in [3.8, 4) is 0 Å². The van der Waals surface area contributed by atoms with Crippen LogP contribution in [-0.2, 0) is 11.2 Å². The first-order valence-corrected chi connectivity index (χ1v) is 8.53. The largest absolute Gasteiger partial charge is 0.394 e. The van der Waals surface area contributed by atoms with Crippen LogP contribution in [0.2, 0.25) is 0 Å². The quantitative estimate of drug-likeness (QED) is 0.668. The molecule has 0 aliphatic heterocycles. The van der Waals surface area contributed by atoms with Gasteiger partial charge in [0.2, 0.25) is 5.91 Å². The molecule has 0 saturated carbocycles. The number of fused-ring (bicyclic) bond motifs is 1. The van der Waals surface area contributed by atoms with E-state index in [4.69, 9.17) is 0 Å². The number of aliphatic hydroxyl groups excluding tert-OH is 1. The molecule has 1 atom stereocenters. The van der Waals surface area contributed by atoms with E-state index < -0.39 is 0 Å². The van der Waals surface area contributed by atoms with E-state index in [0.29, 0.717) is 6.42 Å². The summed E-state index contributed by atoms with van der Waals surface area (Å²) in [5.41, 5.74) is 6.38. The second-order valence-corrected chi connectivity index (χ2v) is 6.57. The van der Waals surface area contributed by atoms with Gasteiger partial charge in [0.15, 0.2) is 0 Å². The number of hydrogen-bond donors (Lipinski definition) is 3. The van der Waals surface area contributed by atoms with Crippen LogP contribution in [0, 0.1) is 20.8 Å². The van der Waals surface area contributed by atoms with Crippen molar-refractivity contribution in [1.29, 1.82) is 0 Å². The highest BCUT2D eigenvalue weighted by molar-refractivity contribution is 5.93. The predicted octanol–water partition coefficient (Wildman–Crippen LogP) is 3.49. The number of aromatic amines is 1. The number of carbonyl (C=O) groups is 1. The summed E-state index contributed by atoms with van der Waals surface area (Å²) in [6.45, 7) is 6.01. The molecule has 1 heterocycles. The normalized spacial score (nSPS) is 12.3. The van der Waals surface area contributed by atoms with E-state index in [-0.39, 0.29) is 18.6 Å². The van der Waals surface area contributed by atoms with Crippen LogP contribution in [0.15, 0.2) is 42.5 Å². The molecule has 1 amide bonds. The summed E-state index contributed by atoms with van der Waals surface area (Å²) in [6, 6.07) is 13.3. The van der Waals surface area contributed by atoms with Crippen molar-refractivity contribution in [1.82, 2.24) is 10.3 Å². The molecule has 0 unspecified atom stereocenters. The van der Waals surface area contributed by atoms with Gasteiger partial charge in [0.1, 0.15) is 0 Å². The molecule has 0 aliphatic carbocycles. The molecule has 2 aromatic carbocycles. The highest BCUT2D eigenvalue weighted by atomic mass is 16.3. The minimum Gasteiger partial charge on any atom is -0.394 e. The Hall–Kier alpha value is -2.59. The van der Waals surface area contributed by atoms with Crippen molar-refractivity contribution >= 4 is 16.8 Å². The standard InChI is InChI=1S/C21H24N2O2/c1-13-9-10-14(2)21-20(13)17(15(3)22-21)11-19(25)23-18(12-24)16-7-5-4-6-8-16/h4-10,18,22,24H,11-12H2,1-3H3,(H,23,25)/t18-/m0/s1. The second-order valence-electron chi connectivity index (χ2n) is 6.57. The Morgan fingerprint density at radius 3 is 2.44 bits per heavy atom. The Bertz CT molecular complexity index is 897. The average molecular weight is 336 g/mol. The first-order valence-electron chi connectivity index (χ1n) is 8.53. The van der Waals surface area contributed by atoms with Gasteiger partial charge in [-0.1, -0.05) is 42.5 Å². The van der Waals surface area contributed by atoms with Crippen LogP contribution < -0.4 is 5.32 Å². The van der Waals surface area contributed by atoms with Gasteiger partial charge in [0.05, 0.1) is 19.1 Å². The molecular formula is C21H24N2O2. The number of aliphatic hydroxyl groups is 1. The van der Waals surface area contributed by atoms with Gasteiger partial charge in [-0.15, -0.1) is 0 Å². The maximum Gasteiger partial charge on any atom is 0.225 e. The summed E-state index contributed by atoms with van der Waals surface area (Å²) < 4.78 is 0. The van der Waals surface area contributed by atoms with Crippen LogP contribution in [0.5, 0.6) is 0 Å². The highest BCUT2D eigenvalue weighted by Gasteiger charge is 2.18. The Morgan fingerprint density at radius 2 is 1.76 bits per heavy atom. The number of benzene rings is 2. The molecule has 0 spiro atoms. The average Bonchev–Trinajstić information content (AvgIpc) is 2.94. The monoisotopic (exact) mass is 336 g/mol. The lowest BCUT2D eigenvalue weighted by molar-refractivity contribution is -0.121. The zero-order chi connectivity index (χ0) is 18.0. The Labute approximate surface area is 147 Å². The van der Waals surface area contributed by atoms with Crippen molar-refractivity contribution in [2.45, 2.75) is 33.2 Å². The van der Waals surface area contributed by atoms with Gasteiger partial charge in [-0.2, -0.15) is 0 Å². The van der Waals surface area contributed by atoms with Gasteiger partial charge in [-0.3, -0.25) is 4.79 Å². The maximum atomic E-state index is 12.6. The fraction of sp³-hybridized carbons (Fsp3) is 0.286. The number of hydrogen-bond acceptors (Lipinski definition) is 2. The predicted molar refractivity (Wildman–Crippen MR) is 101 cm³/mol. The minimum absolute atomic E-state index is 0.0900. The minimum atomic E-state index is -0.387. The molecule has 4 heteroatoms. The van der Waals surface area contributed by atoms with E-state index in [1.807, 2.05) is 37.3 Å². The zero-order valence-corrected chi connectivity index (χ0v) is 14.9. The van der Waals surface area contributed by atoms with Crippen LogP contribution in [0.25, 0.3) is 10.9 Å². The van der Waals surface area contributed by atoms with Crippen molar-refractivity contribution in [3.63, 3.8) is 0 Å². The van der Waals surface area contributed by atoms with Gasteiger partial charge in [0, 0.05) is 16.6 Å². The lowest BCUT2D eigenvalue weighted by Crippen LogP contribution is -2.32. The first-order chi connectivity index (χ1) is 12.0. The molecule has 0 saturated heterocycles. The molecule has 130 valence electrons. The summed E-state index contributed by atoms with van der Waals surface area (Å²) in [5, 5.41) is 13.7. The van der Waals surface area contributed by atoms with Gasteiger partial charge >= 0.3 is 0 Å². The summed E-state index contributed by atoms with van der Waals surface area (Å²) in [6.07, 6.45) is 0.291. The number of carbonyl (C=O) groups excluding carboxylic acids is 1. The topological polar surface area (TPSA) is 65.1 Å². The van der Waals surface area contributed by atoms with Gasteiger partial charge in [-0.25, -0.2) is 0 Å². The summed E-state index contributed by atoms with van der Waals surface area (Å²) in [4.78, 5) is 16.0. The van der Waals surface area contributed by atoms with Crippen LogP contribution in [-0.4, -0.2) is 22.6 Å². The van der Waals surface area contributed by atoms with Crippen molar-refractivity contribution in [3.05, 3.63) is 70.4 Å². The number of aromatic nitrogens is 1. The molecular weight excluding hydrogens is 312 g/mol. The van der Waals surface area contributed by atoms with E-state index in [9.17, 15) is 9.90 Å². The third-order valence-corrected chi connectivity index (χ3v) is 4.75. The summed E-state index contributed by atoms with van der Waals surface area (Å²) in [5.74, 6) is -0.0900. The smallest absolute Gasteiger partial charge is 0.225 e. The Kier molecular flexibility index (Phi) is 4.91. The molecule has 0 radical (unpaired) electrons. The lowest BCUT2D eigenvalue weighted by Gasteiger charge is -2.17. The third-order valence-electron chi connectivity index (χ3n) is 4.75. The molecule has 0 bridgehead atoms. The Balaban J connectivity index is 1.85. The van der Waals surface area contributed by atoms with Gasteiger partial charge in [-0.05, 0) is 43.0 Å². The second kappa shape index (κ2) is 7.11. The van der Waals surface area contributed by atoms with Crippen molar-refractivity contribution in [2.75, 3.05) is 6.61 Å². The molecule has 3 aromatic rings. The zero-order valence-electron chi connectivity index (χ0n) is 14.9. The van der Waals surface area contributed by atoms with Crippen LogP contribution >= 0.6 is 0 Å². The SMILES string of the molecule is Cc1[nH]c2c(C)ccc(C)c2c1CC(=O)N[C@@H](CO)c1ccccc1. The summed E-state index contributed by atoms with van der Waals surface area (Å²) >= 11 is 0. The van der Waals surface area contributed by atoms with Crippen LogP contribution in [0.1, 0.15) is 34.0 Å². The highest BCUT2D eigenvalue weighted by Crippen LogP contribution is 2.28. The van der Waals surface area contributed by atoms with Crippen LogP contribution in [0.4, 0.5) is 0 Å². The molecule has 0 fully saturated rings. The van der Waals surface area contributed by atoms with E-state index in [0.717, 1.165) is 33.3 Å². The van der Waals surface area contributed by atoms with Crippen molar-refractivity contribution < 1.29 is 9.90 Å². The number of aryl methyl sites for hydroxylation is 3. The molecule has 4 nitrogen and oxygen atoms in total. The van der Waals surface area contributed by atoms with E-state index >= 15 is 0 Å². The molecule has 1 aromatic heterocycles. The molecule has 3 N–H and O–H groups in total. The van der Waals surface area contributed by atoms with Gasteiger partial charge < -0.3 is 15.4 Å². The Morgan fingerprint density at radius 1 is 1.08 bits per heavy atom. The number of H-pyrrole nitrogens is 1. The van der Waals surface area contributed by atoms with Gasteiger partial charge in [0.25, 0.3) is 0 Å². The molecule has 0 aliphatic rings. The third kappa shape index (κ3) is 3.44. The van der Waals surface area contributed by atoms with E-state index in [1.165, 1.54) is 5.56 Å². The van der Waals surface area contributed by atoms with E-state index in [2.05, 4.69) is 36.3 Å². The number of amides is 1. The maximum absolute atomic E-state index is 12.6. The first kappa shape index (κ1) is 17.2.